The lowest BCUT2D eigenvalue weighted by Gasteiger charge is -2.12. The first-order chi connectivity index (χ1) is 10.9. The number of aromatic hydroxyl groups is 1. The molecule has 1 rings (SSSR count). The molecule has 23 heavy (non-hydrogen) atoms. The maximum absolute atomic E-state index is 10.8. The third-order valence-corrected chi connectivity index (χ3v) is 3.29. The van der Waals surface area contributed by atoms with Crippen LogP contribution in [0.4, 0.5) is 0 Å². The zero-order valence-electron chi connectivity index (χ0n) is 14.9. The van der Waals surface area contributed by atoms with E-state index in [-0.39, 0.29) is 11.3 Å². The molecule has 4 heteroatoms. The summed E-state index contributed by atoms with van der Waals surface area (Å²) in [6.45, 7) is 10.9. The number of carboxylic acid groups (broad SMARTS) is 1. The van der Waals surface area contributed by atoms with E-state index in [0.29, 0.717) is 18.3 Å². The molecule has 0 aliphatic carbocycles. The number of phenols is 1. The third kappa shape index (κ3) is 8.91. The van der Waals surface area contributed by atoms with Gasteiger partial charge in [-0.25, -0.2) is 4.79 Å². The summed E-state index contributed by atoms with van der Waals surface area (Å²) in [5, 5.41) is 18.4. The molecule has 0 amide bonds. The second-order valence-corrected chi connectivity index (χ2v) is 5.59. The minimum absolute atomic E-state index is 0.113. The molecular formula is C19H30O4. The number of ether oxygens (including phenoxy) is 1. The zero-order chi connectivity index (χ0) is 17.8. The van der Waals surface area contributed by atoms with E-state index in [0.717, 1.165) is 19.3 Å². The van der Waals surface area contributed by atoms with Gasteiger partial charge < -0.3 is 14.9 Å². The number of carbonyl (C=O) groups is 1. The van der Waals surface area contributed by atoms with Crippen molar-refractivity contribution in [2.45, 2.75) is 53.9 Å². The van der Waals surface area contributed by atoms with Gasteiger partial charge in [0.15, 0.2) is 0 Å². The Morgan fingerprint density at radius 3 is 2.43 bits per heavy atom. The molecule has 0 aliphatic rings. The third-order valence-electron chi connectivity index (χ3n) is 3.29. The van der Waals surface area contributed by atoms with E-state index in [1.165, 1.54) is 17.7 Å². The highest BCUT2D eigenvalue weighted by Crippen LogP contribution is 2.24. The first-order valence-corrected chi connectivity index (χ1v) is 8.22. The summed E-state index contributed by atoms with van der Waals surface area (Å²) in [7, 11) is 0. The monoisotopic (exact) mass is 322 g/mol. The second kappa shape index (κ2) is 11.6. The Labute approximate surface area is 139 Å². The van der Waals surface area contributed by atoms with Gasteiger partial charge in [0.25, 0.3) is 0 Å². The van der Waals surface area contributed by atoms with Gasteiger partial charge in [-0.05, 0) is 51.2 Å². The Hall–Kier alpha value is -1.97. The van der Waals surface area contributed by atoms with Crippen molar-refractivity contribution < 1.29 is 19.7 Å². The molecule has 0 saturated carbocycles. The summed E-state index contributed by atoms with van der Waals surface area (Å²) in [5.41, 5.74) is 1.23. The van der Waals surface area contributed by atoms with Crippen molar-refractivity contribution in [3.8, 4) is 11.5 Å². The summed E-state index contributed by atoms with van der Waals surface area (Å²) in [4.78, 5) is 10.8. The number of aromatic carboxylic acids is 1. The van der Waals surface area contributed by atoms with Gasteiger partial charge in [-0.2, -0.15) is 0 Å². The summed E-state index contributed by atoms with van der Waals surface area (Å²) >= 11 is 0. The fraction of sp³-hybridized carbons (Fsp3) is 0.526. The SMILES string of the molecule is CC.CC(C)=CCCC(C)CCOc1ccc(C(=O)O)c(O)c1. The normalized spacial score (nSPS) is 11.0. The highest BCUT2D eigenvalue weighted by Gasteiger charge is 2.10. The fourth-order valence-corrected chi connectivity index (χ4v) is 1.96. The molecule has 0 spiro atoms. The highest BCUT2D eigenvalue weighted by molar-refractivity contribution is 5.90. The Morgan fingerprint density at radius 1 is 1.26 bits per heavy atom. The topological polar surface area (TPSA) is 66.8 Å². The molecule has 2 N–H and O–H groups in total. The number of hydrogen-bond donors (Lipinski definition) is 2. The lowest BCUT2D eigenvalue weighted by atomic mass is 10.0. The van der Waals surface area contributed by atoms with Crippen molar-refractivity contribution in [1.82, 2.24) is 0 Å². The maximum atomic E-state index is 10.8. The van der Waals surface area contributed by atoms with Crippen molar-refractivity contribution in [2.24, 2.45) is 5.92 Å². The van der Waals surface area contributed by atoms with Crippen LogP contribution in [0.2, 0.25) is 0 Å². The maximum Gasteiger partial charge on any atom is 0.339 e. The molecule has 0 heterocycles. The van der Waals surface area contributed by atoms with E-state index in [1.54, 1.807) is 6.07 Å². The van der Waals surface area contributed by atoms with E-state index >= 15 is 0 Å². The van der Waals surface area contributed by atoms with Gasteiger partial charge in [0.05, 0.1) is 6.61 Å². The first-order valence-electron chi connectivity index (χ1n) is 8.22. The van der Waals surface area contributed by atoms with Gasteiger partial charge in [-0.3, -0.25) is 0 Å². The van der Waals surface area contributed by atoms with Crippen molar-refractivity contribution in [2.75, 3.05) is 6.61 Å². The Morgan fingerprint density at radius 2 is 1.91 bits per heavy atom. The lowest BCUT2D eigenvalue weighted by Crippen LogP contribution is -2.04. The molecule has 1 atom stereocenters. The quantitative estimate of drug-likeness (QED) is 0.640. The van der Waals surface area contributed by atoms with E-state index in [1.807, 2.05) is 13.8 Å². The van der Waals surface area contributed by atoms with Gasteiger partial charge >= 0.3 is 5.97 Å². The Kier molecular flexibility index (Phi) is 10.6. The smallest absolute Gasteiger partial charge is 0.339 e. The van der Waals surface area contributed by atoms with Crippen LogP contribution in [0.1, 0.15) is 64.2 Å². The predicted octanol–water partition coefficient (Wildman–Crippen LogP) is 5.27. The van der Waals surface area contributed by atoms with Crippen LogP contribution < -0.4 is 4.74 Å². The molecule has 0 bridgehead atoms. The number of benzene rings is 1. The lowest BCUT2D eigenvalue weighted by molar-refractivity contribution is 0.0693. The van der Waals surface area contributed by atoms with Crippen LogP contribution in [-0.2, 0) is 0 Å². The predicted molar refractivity (Wildman–Crippen MR) is 94.4 cm³/mol. The summed E-state index contributed by atoms with van der Waals surface area (Å²) in [6.07, 6.45) is 5.37. The average molecular weight is 322 g/mol. The van der Waals surface area contributed by atoms with Crippen LogP contribution in [0.15, 0.2) is 29.8 Å². The molecule has 4 nitrogen and oxygen atoms in total. The largest absolute Gasteiger partial charge is 0.507 e. The van der Waals surface area contributed by atoms with Gasteiger partial charge in [-0.1, -0.05) is 32.4 Å². The van der Waals surface area contributed by atoms with Crippen molar-refractivity contribution >= 4 is 5.97 Å². The van der Waals surface area contributed by atoms with Gasteiger partial charge in [-0.15, -0.1) is 0 Å². The van der Waals surface area contributed by atoms with Crippen molar-refractivity contribution in [1.29, 1.82) is 0 Å². The standard InChI is InChI=1S/C17H24O4.C2H6/c1-12(2)5-4-6-13(3)9-10-21-14-7-8-15(17(19)20)16(18)11-14;1-2/h5,7-8,11,13,18H,4,6,9-10H2,1-3H3,(H,19,20);1-2H3. The molecule has 1 aromatic carbocycles. The van der Waals surface area contributed by atoms with Crippen LogP contribution in [0, 0.1) is 5.92 Å². The van der Waals surface area contributed by atoms with Crippen LogP contribution >= 0.6 is 0 Å². The number of allylic oxidation sites excluding steroid dienone is 2. The molecular weight excluding hydrogens is 292 g/mol. The molecule has 0 saturated heterocycles. The minimum Gasteiger partial charge on any atom is -0.507 e. The molecule has 0 fully saturated rings. The van der Waals surface area contributed by atoms with Crippen LogP contribution in [0.5, 0.6) is 11.5 Å². The van der Waals surface area contributed by atoms with E-state index in [2.05, 4.69) is 26.8 Å². The van der Waals surface area contributed by atoms with Gasteiger partial charge in [0, 0.05) is 6.07 Å². The van der Waals surface area contributed by atoms with E-state index < -0.39 is 5.97 Å². The van der Waals surface area contributed by atoms with Gasteiger partial charge in [0.1, 0.15) is 17.1 Å². The number of hydrogen-bond acceptors (Lipinski definition) is 3. The molecule has 0 aliphatic heterocycles. The molecule has 1 aromatic rings. The average Bonchev–Trinajstić information content (AvgIpc) is 2.48. The number of rotatable bonds is 8. The number of carboxylic acids is 1. The molecule has 1 unspecified atom stereocenters. The van der Waals surface area contributed by atoms with Crippen LogP contribution in [0.25, 0.3) is 0 Å². The van der Waals surface area contributed by atoms with E-state index in [4.69, 9.17) is 9.84 Å². The minimum atomic E-state index is -1.15. The Balaban J connectivity index is 0.00000232. The molecule has 130 valence electrons. The molecule has 0 radical (unpaired) electrons. The Bertz CT molecular complexity index is 502. The fourth-order valence-electron chi connectivity index (χ4n) is 1.96. The summed E-state index contributed by atoms with van der Waals surface area (Å²) < 4.78 is 5.55. The van der Waals surface area contributed by atoms with Crippen LogP contribution in [-0.4, -0.2) is 22.8 Å². The van der Waals surface area contributed by atoms with Crippen LogP contribution in [0.3, 0.4) is 0 Å². The second-order valence-electron chi connectivity index (χ2n) is 5.59. The van der Waals surface area contributed by atoms with Crippen molar-refractivity contribution in [3.63, 3.8) is 0 Å². The highest BCUT2D eigenvalue weighted by atomic mass is 16.5. The first kappa shape index (κ1) is 21.0. The zero-order valence-corrected chi connectivity index (χ0v) is 14.9. The summed E-state index contributed by atoms with van der Waals surface area (Å²) in [6, 6.07) is 4.26. The summed E-state index contributed by atoms with van der Waals surface area (Å²) in [5.74, 6) is -0.356. The van der Waals surface area contributed by atoms with E-state index in [9.17, 15) is 9.90 Å². The molecule has 0 aromatic heterocycles. The van der Waals surface area contributed by atoms with Gasteiger partial charge in [0.2, 0.25) is 0 Å². The van der Waals surface area contributed by atoms with Crippen molar-refractivity contribution in [3.05, 3.63) is 35.4 Å².